The van der Waals surface area contributed by atoms with E-state index >= 15 is 0 Å². The predicted octanol–water partition coefficient (Wildman–Crippen LogP) is 5.66. The molecule has 4 rings (SSSR count). The van der Waals surface area contributed by atoms with E-state index in [2.05, 4.69) is 51.7 Å². The number of aromatic nitrogens is 3. The molecule has 180 valence electrons. The number of fused-ring (bicyclic) bond motifs is 1. The number of hydrogen-bond donors (Lipinski definition) is 2. The lowest BCUT2D eigenvalue weighted by atomic mass is 10.1. The van der Waals surface area contributed by atoms with E-state index in [1.807, 2.05) is 38.1 Å². The van der Waals surface area contributed by atoms with Gasteiger partial charge in [0.15, 0.2) is 5.11 Å². The van der Waals surface area contributed by atoms with Gasteiger partial charge in [-0.3, -0.25) is 10.1 Å². The molecule has 0 bridgehead atoms. The van der Waals surface area contributed by atoms with Gasteiger partial charge in [0.1, 0.15) is 11.0 Å². The minimum absolute atomic E-state index is 0.188. The Morgan fingerprint density at radius 1 is 0.971 bits per heavy atom. The Bertz CT molecular complexity index is 1400. The second kappa shape index (κ2) is 10.4. The standard InChI is InChI=1S/C26H27ClN6OS/c1-5-32(6-2)19-9-11-20(12-10-19)33-30-23-13-17(4)22(15-24(23)31-33)28-26(35)29-25(34)18-8-7-16(3)21(27)14-18/h7-15H,5-6H2,1-4H3,(H2,28,29,34,35). The van der Waals surface area contributed by atoms with Gasteiger partial charge >= 0.3 is 0 Å². The first-order chi connectivity index (χ1) is 16.8. The van der Waals surface area contributed by atoms with E-state index < -0.39 is 0 Å². The summed E-state index contributed by atoms with van der Waals surface area (Å²) in [6, 6.07) is 17.1. The molecule has 0 radical (unpaired) electrons. The maximum atomic E-state index is 12.5. The molecule has 35 heavy (non-hydrogen) atoms. The van der Waals surface area contributed by atoms with Crippen molar-refractivity contribution in [2.75, 3.05) is 23.3 Å². The summed E-state index contributed by atoms with van der Waals surface area (Å²) in [6.45, 7) is 10.0. The van der Waals surface area contributed by atoms with Gasteiger partial charge in [0, 0.05) is 35.1 Å². The largest absolute Gasteiger partial charge is 0.372 e. The Morgan fingerprint density at radius 3 is 2.26 bits per heavy atom. The molecular weight excluding hydrogens is 480 g/mol. The molecule has 0 atom stereocenters. The summed E-state index contributed by atoms with van der Waals surface area (Å²) < 4.78 is 0. The number of aryl methyl sites for hydroxylation is 2. The molecule has 0 aliphatic rings. The third-order valence-corrected chi connectivity index (χ3v) is 6.46. The van der Waals surface area contributed by atoms with Gasteiger partial charge in [0.05, 0.1) is 5.69 Å². The molecule has 1 heterocycles. The highest BCUT2D eigenvalue weighted by molar-refractivity contribution is 7.80. The lowest BCUT2D eigenvalue weighted by Crippen LogP contribution is -2.34. The molecule has 7 nitrogen and oxygen atoms in total. The van der Waals surface area contributed by atoms with Crippen LogP contribution in [0.1, 0.15) is 35.3 Å². The number of nitrogens with one attached hydrogen (secondary N) is 2. The van der Waals surface area contributed by atoms with Crippen LogP contribution in [-0.4, -0.2) is 39.1 Å². The molecule has 0 fully saturated rings. The number of nitrogens with zero attached hydrogens (tertiary/aromatic N) is 4. The molecule has 1 aromatic heterocycles. The van der Waals surface area contributed by atoms with Crippen molar-refractivity contribution < 1.29 is 4.79 Å². The van der Waals surface area contributed by atoms with E-state index in [0.29, 0.717) is 16.1 Å². The van der Waals surface area contributed by atoms with Crippen molar-refractivity contribution in [2.24, 2.45) is 0 Å². The smallest absolute Gasteiger partial charge is 0.257 e. The molecule has 0 aliphatic carbocycles. The van der Waals surface area contributed by atoms with E-state index in [9.17, 15) is 4.79 Å². The summed E-state index contributed by atoms with van der Waals surface area (Å²) in [6.07, 6.45) is 0. The number of hydrogen-bond acceptors (Lipinski definition) is 5. The maximum absolute atomic E-state index is 12.5. The van der Waals surface area contributed by atoms with Gasteiger partial charge in [-0.2, -0.15) is 4.80 Å². The second-order valence-corrected chi connectivity index (χ2v) is 9.02. The van der Waals surface area contributed by atoms with Gasteiger partial charge in [-0.05, 0) is 99.6 Å². The van der Waals surface area contributed by atoms with Crippen LogP contribution in [0.15, 0.2) is 54.6 Å². The van der Waals surface area contributed by atoms with E-state index in [0.717, 1.165) is 41.1 Å². The van der Waals surface area contributed by atoms with E-state index in [-0.39, 0.29) is 11.0 Å². The van der Waals surface area contributed by atoms with Gasteiger partial charge < -0.3 is 10.2 Å². The zero-order valence-electron chi connectivity index (χ0n) is 20.1. The Morgan fingerprint density at radius 2 is 1.63 bits per heavy atom. The van der Waals surface area contributed by atoms with Gasteiger partial charge in [-0.25, -0.2) is 0 Å². The summed E-state index contributed by atoms with van der Waals surface area (Å²) in [4.78, 5) is 16.5. The third-order valence-electron chi connectivity index (χ3n) is 5.84. The lowest BCUT2D eigenvalue weighted by molar-refractivity contribution is 0.0977. The number of halogens is 1. The fourth-order valence-corrected chi connectivity index (χ4v) is 4.15. The molecule has 9 heteroatoms. The molecule has 0 spiro atoms. The van der Waals surface area contributed by atoms with Gasteiger partial charge in [0.25, 0.3) is 5.91 Å². The molecule has 0 unspecified atom stereocenters. The highest BCUT2D eigenvalue weighted by atomic mass is 35.5. The summed E-state index contributed by atoms with van der Waals surface area (Å²) in [5.41, 5.74) is 6.54. The predicted molar refractivity (Wildman–Crippen MR) is 147 cm³/mol. The first-order valence-corrected chi connectivity index (χ1v) is 12.2. The summed E-state index contributed by atoms with van der Waals surface area (Å²) in [5.74, 6) is -0.331. The number of carbonyl (C=O) groups excluding carboxylic acids is 1. The SMILES string of the molecule is CCN(CC)c1ccc(-n2nc3cc(C)c(NC(=S)NC(=O)c4ccc(C)c(Cl)c4)cc3n2)cc1. The first-order valence-electron chi connectivity index (χ1n) is 11.4. The Balaban J connectivity index is 1.50. The van der Waals surface area contributed by atoms with Crippen LogP contribution in [0.2, 0.25) is 5.02 Å². The fourth-order valence-electron chi connectivity index (χ4n) is 3.77. The zero-order chi connectivity index (χ0) is 25.1. The second-order valence-electron chi connectivity index (χ2n) is 8.21. The summed E-state index contributed by atoms with van der Waals surface area (Å²) in [7, 11) is 0. The number of benzene rings is 3. The van der Waals surface area contributed by atoms with Gasteiger partial charge in [-0.15, -0.1) is 10.2 Å². The average Bonchev–Trinajstić information content (AvgIpc) is 3.24. The van der Waals surface area contributed by atoms with Crippen LogP contribution in [-0.2, 0) is 0 Å². The van der Waals surface area contributed by atoms with Gasteiger partial charge in [-0.1, -0.05) is 17.7 Å². The lowest BCUT2D eigenvalue weighted by Gasteiger charge is -2.20. The number of anilines is 2. The molecule has 0 aliphatic heterocycles. The quantitative estimate of drug-likeness (QED) is 0.328. The third kappa shape index (κ3) is 5.44. The summed E-state index contributed by atoms with van der Waals surface area (Å²) >= 11 is 11.5. The Labute approximate surface area is 215 Å². The van der Waals surface area contributed by atoms with Crippen LogP contribution in [0.25, 0.3) is 16.7 Å². The van der Waals surface area contributed by atoms with Crippen LogP contribution < -0.4 is 15.5 Å². The molecule has 4 aromatic rings. The topological polar surface area (TPSA) is 75.1 Å². The number of carbonyl (C=O) groups is 1. The molecule has 3 aromatic carbocycles. The van der Waals surface area contributed by atoms with Crippen molar-refractivity contribution in [3.05, 3.63) is 76.3 Å². The number of thiocarbonyl (C=S) groups is 1. The maximum Gasteiger partial charge on any atom is 0.257 e. The Kier molecular flexibility index (Phi) is 7.33. The normalized spacial score (nSPS) is 10.9. The van der Waals surface area contributed by atoms with Crippen molar-refractivity contribution in [1.29, 1.82) is 0 Å². The van der Waals surface area contributed by atoms with Crippen LogP contribution in [0.3, 0.4) is 0 Å². The zero-order valence-corrected chi connectivity index (χ0v) is 21.7. The van der Waals surface area contributed by atoms with Crippen LogP contribution in [0.5, 0.6) is 0 Å². The van der Waals surface area contributed by atoms with Crippen molar-refractivity contribution >= 4 is 57.2 Å². The van der Waals surface area contributed by atoms with Crippen molar-refractivity contribution in [2.45, 2.75) is 27.7 Å². The van der Waals surface area contributed by atoms with Crippen molar-refractivity contribution in [3.8, 4) is 5.69 Å². The minimum Gasteiger partial charge on any atom is -0.372 e. The van der Waals surface area contributed by atoms with Crippen LogP contribution in [0, 0.1) is 13.8 Å². The van der Waals surface area contributed by atoms with Crippen LogP contribution >= 0.6 is 23.8 Å². The molecule has 0 saturated carbocycles. The van der Waals surface area contributed by atoms with E-state index in [1.54, 1.807) is 23.0 Å². The molecule has 2 N–H and O–H groups in total. The van der Waals surface area contributed by atoms with E-state index in [4.69, 9.17) is 23.8 Å². The highest BCUT2D eigenvalue weighted by Gasteiger charge is 2.13. The summed E-state index contributed by atoms with van der Waals surface area (Å²) in [5, 5.41) is 15.8. The fraction of sp³-hybridized carbons (Fsp3) is 0.231. The van der Waals surface area contributed by atoms with E-state index in [1.165, 1.54) is 5.69 Å². The number of rotatable bonds is 6. The van der Waals surface area contributed by atoms with Gasteiger partial charge in [0.2, 0.25) is 0 Å². The molecular formula is C26H27ClN6OS. The monoisotopic (exact) mass is 506 g/mol. The number of amides is 1. The minimum atomic E-state index is -0.331. The van der Waals surface area contributed by atoms with Crippen LogP contribution in [0.4, 0.5) is 11.4 Å². The molecule has 1 amide bonds. The van der Waals surface area contributed by atoms with Crippen molar-refractivity contribution in [1.82, 2.24) is 20.3 Å². The molecule has 0 saturated heterocycles. The Hall–Kier alpha value is -3.49. The van der Waals surface area contributed by atoms with Crippen molar-refractivity contribution in [3.63, 3.8) is 0 Å². The average molecular weight is 507 g/mol. The first kappa shape index (κ1) is 24.6. The highest BCUT2D eigenvalue weighted by Crippen LogP contribution is 2.23.